The van der Waals surface area contributed by atoms with Gasteiger partial charge in [-0.15, -0.1) is 11.3 Å². The Morgan fingerprint density at radius 3 is 2.73 bits per heavy atom. The van der Waals surface area contributed by atoms with Crippen LogP contribution in [-0.2, 0) is 19.6 Å². The summed E-state index contributed by atoms with van der Waals surface area (Å²) >= 11 is 7.02. The van der Waals surface area contributed by atoms with Crippen LogP contribution in [0.4, 0.5) is 0 Å². The number of thiophene rings is 1. The van der Waals surface area contributed by atoms with Crippen molar-refractivity contribution in [2.45, 2.75) is 23.3 Å². The Labute approximate surface area is 161 Å². The van der Waals surface area contributed by atoms with E-state index in [1.807, 2.05) is 12.1 Å². The second kappa shape index (κ2) is 8.06. The summed E-state index contributed by atoms with van der Waals surface area (Å²) in [5.41, 5.74) is 0.929. The summed E-state index contributed by atoms with van der Waals surface area (Å²) in [4.78, 5) is 14.3. The van der Waals surface area contributed by atoms with Crippen LogP contribution in [0.5, 0.6) is 0 Å². The van der Waals surface area contributed by atoms with Crippen molar-refractivity contribution in [3.63, 3.8) is 0 Å². The average molecular weight is 415 g/mol. The fourth-order valence-corrected chi connectivity index (χ4v) is 5.09. The number of rotatable bonds is 5. The van der Waals surface area contributed by atoms with Gasteiger partial charge >= 0.3 is 0 Å². The summed E-state index contributed by atoms with van der Waals surface area (Å²) in [6.07, 6.45) is -0.258. The summed E-state index contributed by atoms with van der Waals surface area (Å²) in [7, 11) is -3.70. The molecular formula is C17H19ClN2O4S2. The summed E-state index contributed by atoms with van der Waals surface area (Å²) < 4.78 is 33.0. The highest BCUT2D eigenvalue weighted by atomic mass is 35.5. The molecule has 1 N–H and O–H groups in total. The smallest absolute Gasteiger partial charge is 0.250 e. The normalized spacial score (nSPS) is 19.3. The molecule has 1 aromatic heterocycles. The maximum absolute atomic E-state index is 12.7. The van der Waals surface area contributed by atoms with E-state index in [1.165, 1.54) is 6.07 Å². The lowest BCUT2D eigenvalue weighted by Gasteiger charge is -2.34. The van der Waals surface area contributed by atoms with Crippen LogP contribution in [0.15, 0.2) is 46.0 Å². The number of ether oxygens (including phenoxy) is 1. The van der Waals surface area contributed by atoms with E-state index in [0.29, 0.717) is 24.7 Å². The number of benzene rings is 1. The molecule has 2 aromatic rings. The number of halogens is 1. The predicted octanol–water partition coefficient (Wildman–Crippen LogP) is 2.67. The Bertz CT molecular complexity index is 853. The molecule has 2 heterocycles. The Kier molecular flexibility index (Phi) is 5.99. The van der Waals surface area contributed by atoms with Crippen LogP contribution in [0.2, 0.25) is 5.02 Å². The molecule has 26 heavy (non-hydrogen) atoms. The fourth-order valence-electron chi connectivity index (χ4n) is 2.76. The van der Waals surface area contributed by atoms with Crippen LogP contribution in [0, 0.1) is 0 Å². The van der Waals surface area contributed by atoms with Crippen LogP contribution < -0.4 is 4.72 Å². The third kappa shape index (κ3) is 4.44. The Morgan fingerprint density at radius 2 is 2.08 bits per heavy atom. The van der Waals surface area contributed by atoms with E-state index >= 15 is 0 Å². The van der Waals surface area contributed by atoms with Crippen molar-refractivity contribution in [1.29, 1.82) is 0 Å². The first-order chi connectivity index (χ1) is 12.4. The van der Waals surface area contributed by atoms with Gasteiger partial charge in [0.2, 0.25) is 5.91 Å². The second-order valence-corrected chi connectivity index (χ2v) is 9.30. The van der Waals surface area contributed by atoms with Gasteiger partial charge in [0.05, 0.1) is 19.2 Å². The highest BCUT2D eigenvalue weighted by Gasteiger charge is 2.30. The van der Waals surface area contributed by atoms with Crippen LogP contribution in [0.25, 0.3) is 0 Å². The fraction of sp³-hybridized carbons (Fsp3) is 0.353. The van der Waals surface area contributed by atoms with Crippen molar-refractivity contribution in [1.82, 2.24) is 9.62 Å². The number of sulfonamides is 1. The van der Waals surface area contributed by atoms with Gasteiger partial charge in [-0.3, -0.25) is 4.79 Å². The minimum Gasteiger partial charge on any atom is -0.370 e. The van der Waals surface area contributed by atoms with Gasteiger partial charge in [0.1, 0.15) is 10.3 Å². The summed E-state index contributed by atoms with van der Waals surface area (Å²) in [5, 5.41) is 2.31. The number of carbonyl (C=O) groups is 1. The van der Waals surface area contributed by atoms with E-state index in [0.717, 1.165) is 16.9 Å². The highest BCUT2D eigenvalue weighted by Crippen LogP contribution is 2.24. The van der Waals surface area contributed by atoms with Gasteiger partial charge in [0.25, 0.3) is 10.0 Å². The molecule has 2 atom stereocenters. The summed E-state index contributed by atoms with van der Waals surface area (Å²) in [6, 6.07) is 9.59. The van der Waals surface area contributed by atoms with Crippen molar-refractivity contribution in [3.05, 3.63) is 52.4 Å². The van der Waals surface area contributed by atoms with Gasteiger partial charge in [-0.1, -0.05) is 29.8 Å². The predicted molar refractivity (Wildman–Crippen MR) is 101 cm³/mol. The molecule has 140 valence electrons. The summed E-state index contributed by atoms with van der Waals surface area (Å²) in [6.45, 7) is 2.74. The van der Waals surface area contributed by atoms with Crippen LogP contribution in [-0.4, -0.2) is 45.0 Å². The van der Waals surface area contributed by atoms with Crippen molar-refractivity contribution in [3.8, 4) is 0 Å². The van der Waals surface area contributed by atoms with Gasteiger partial charge in [-0.25, -0.2) is 8.42 Å². The molecule has 0 aliphatic carbocycles. The molecule has 1 saturated heterocycles. The van der Waals surface area contributed by atoms with Gasteiger partial charge in [-0.05, 0) is 36.1 Å². The van der Waals surface area contributed by atoms with Gasteiger partial charge in [0.15, 0.2) is 0 Å². The molecule has 1 aliphatic heterocycles. The van der Waals surface area contributed by atoms with Crippen molar-refractivity contribution >= 4 is 38.9 Å². The SMILES string of the molecule is CC(NS(=O)(=O)c1cccs1)C(=O)N1CCOC(c2ccc(Cl)cc2)C1. The average Bonchev–Trinajstić information content (AvgIpc) is 3.17. The topological polar surface area (TPSA) is 75.7 Å². The zero-order valence-electron chi connectivity index (χ0n) is 14.1. The largest absolute Gasteiger partial charge is 0.370 e. The lowest BCUT2D eigenvalue weighted by atomic mass is 10.1. The molecular weight excluding hydrogens is 396 g/mol. The highest BCUT2D eigenvalue weighted by molar-refractivity contribution is 7.91. The molecule has 0 spiro atoms. The minimum atomic E-state index is -3.70. The van der Waals surface area contributed by atoms with Crippen LogP contribution >= 0.6 is 22.9 Å². The van der Waals surface area contributed by atoms with Crippen LogP contribution in [0.3, 0.4) is 0 Å². The number of morpholine rings is 1. The first kappa shape index (κ1) is 19.3. The van der Waals surface area contributed by atoms with E-state index in [2.05, 4.69) is 4.72 Å². The Hall–Kier alpha value is -1.45. The lowest BCUT2D eigenvalue weighted by molar-refractivity contribution is -0.140. The lowest BCUT2D eigenvalue weighted by Crippen LogP contribution is -2.50. The Morgan fingerprint density at radius 1 is 1.35 bits per heavy atom. The monoisotopic (exact) mass is 414 g/mol. The minimum absolute atomic E-state index is 0.193. The molecule has 0 radical (unpaired) electrons. The van der Waals surface area contributed by atoms with E-state index in [-0.39, 0.29) is 16.2 Å². The second-order valence-electron chi connectivity index (χ2n) is 5.97. The molecule has 1 aliphatic rings. The van der Waals surface area contributed by atoms with Crippen molar-refractivity contribution in [2.24, 2.45) is 0 Å². The van der Waals surface area contributed by atoms with Crippen molar-refractivity contribution in [2.75, 3.05) is 19.7 Å². The first-order valence-corrected chi connectivity index (χ1v) is 10.8. The molecule has 1 aromatic carbocycles. The zero-order chi connectivity index (χ0) is 18.7. The molecule has 9 heteroatoms. The number of hydrogen-bond donors (Lipinski definition) is 1. The number of carbonyl (C=O) groups excluding carboxylic acids is 1. The maximum atomic E-state index is 12.7. The molecule has 2 unspecified atom stereocenters. The van der Waals surface area contributed by atoms with E-state index in [9.17, 15) is 13.2 Å². The molecule has 6 nitrogen and oxygen atoms in total. The van der Waals surface area contributed by atoms with E-state index < -0.39 is 16.1 Å². The number of nitrogens with one attached hydrogen (secondary N) is 1. The van der Waals surface area contributed by atoms with Crippen molar-refractivity contribution < 1.29 is 17.9 Å². The van der Waals surface area contributed by atoms with Gasteiger partial charge < -0.3 is 9.64 Å². The number of hydrogen-bond acceptors (Lipinski definition) is 5. The summed E-state index contributed by atoms with van der Waals surface area (Å²) in [5.74, 6) is -0.271. The molecule has 3 rings (SSSR count). The number of amides is 1. The standard InChI is InChI=1S/C17H19ClN2O4S2/c1-12(19-26(22,23)16-3-2-10-25-16)17(21)20-8-9-24-15(11-20)13-4-6-14(18)7-5-13/h2-7,10,12,15,19H,8-9,11H2,1H3. The third-order valence-corrected chi connectivity index (χ3v) is 7.27. The zero-order valence-corrected chi connectivity index (χ0v) is 16.5. The van der Waals surface area contributed by atoms with E-state index in [4.69, 9.17) is 16.3 Å². The third-order valence-electron chi connectivity index (χ3n) is 4.08. The van der Waals surface area contributed by atoms with Gasteiger partial charge in [-0.2, -0.15) is 4.72 Å². The quantitative estimate of drug-likeness (QED) is 0.816. The molecule has 1 fully saturated rings. The van der Waals surface area contributed by atoms with Gasteiger partial charge in [0, 0.05) is 11.6 Å². The number of nitrogens with zero attached hydrogens (tertiary/aromatic N) is 1. The van der Waals surface area contributed by atoms with E-state index in [1.54, 1.807) is 35.4 Å². The maximum Gasteiger partial charge on any atom is 0.250 e. The Balaban J connectivity index is 1.66. The molecule has 0 bridgehead atoms. The molecule has 1 amide bonds. The van der Waals surface area contributed by atoms with Crippen LogP contribution in [0.1, 0.15) is 18.6 Å². The molecule has 0 saturated carbocycles. The first-order valence-electron chi connectivity index (χ1n) is 8.08.